The van der Waals surface area contributed by atoms with Crippen molar-refractivity contribution in [3.63, 3.8) is 0 Å². The van der Waals surface area contributed by atoms with Crippen LogP contribution in [0.25, 0.3) is 0 Å². The molecule has 1 aliphatic carbocycles. The van der Waals surface area contributed by atoms with Crippen molar-refractivity contribution in [2.24, 2.45) is 0 Å². The van der Waals surface area contributed by atoms with Crippen molar-refractivity contribution in [1.82, 2.24) is 0 Å². The molecule has 0 radical (unpaired) electrons. The Hall–Kier alpha value is -1.22. The van der Waals surface area contributed by atoms with E-state index in [2.05, 4.69) is 17.1 Å². The van der Waals surface area contributed by atoms with E-state index in [1.165, 1.54) is 0 Å². The number of halogens is 1. The number of anilines is 2. The summed E-state index contributed by atoms with van der Waals surface area (Å²) in [4.78, 5) is 14.4. The minimum Gasteiger partial charge on any atom is -0.356 e. The fourth-order valence-electron chi connectivity index (χ4n) is 2.91. The first-order valence-corrected chi connectivity index (χ1v) is 6.44. The van der Waals surface area contributed by atoms with Crippen molar-refractivity contribution < 1.29 is 4.79 Å². The maximum atomic E-state index is 12.2. The number of hydrogen-bond donors (Lipinski definition) is 1. The van der Waals surface area contributed by atoms with E-state index in [4.69, 9.17) is 11.6 Å². The van der Waals surface area contributed by atoms with Gasteiger partial charge in [-0.25, -0.2) is 0 Å². The molecule has 3 nitrogen and oxygen atoms in total. The van der Waals surface area contributed by atoms with Crippen molar-refractivity contribution in [1.29, 1.82) is 0 Å². The highest BCUT2D eigenvalue weighted by atomic mass is 35.5. The Morgan fingerprint density at radius 2 is 2.24 bits per heavy atom. The molecule has 0 aromatic heterocycles. The third-order valence-corrected chi connectivity index (χ3v) is 4.17. The number of nitrogens with one attached hydrogen (secondary N) is 1. The van der Waals surface area contributed by atoms with Crippen LogP contribution in [-0.2, 0) is 4.79 Å². The smallest absolute Gasteiger partial charge is 0.250 e. The summed E-state index contributed by atoms with van der Waals surface area (Å²) in [7, 11) is 0. The lowest BCUT2D eigenvalue weighted by Crippen LogP contribution is -2.63. The summed E-state index contributed by atoms with van der Waals surface area (Å²) in [5, 5.41) is 3.72. The van der Waals surface area contributed by atoms with Crippen molar-refractivity contribution in [2.45, 2.75) is 31.7 Å². The monoisotopic (exact) mass is 250 g/mol. The third kappa shape index (κ3) is 1.38. The van der Waals surface area contributed by atoms with Gasteiger partial charge in [0, 0.05) is 11.6 Å². The summed E-state index contributed by atoms with van der Waals surface area (Å²) in [6.45, 7) is 2.92. The van der Waals surface area contributed by atoms with E-state index in [0.29, 0.717) is 5.02 Å². The van der Waals surface area contributed by atoms with Gasteiger partial charge in [-0.2, -0.15) is 0 Å². The number of amides is 1. The number of hydrogen-bond acceptors (Lipinski definition) is 2. The van der Waals surface area contributed by atoms with Crippen LogP contribution in [0.15, 0.2) is 18.2 Å². The predicted molar refractivity (Wildman–Crippen MR) is 69.7 cm³/mol. The van der Waals surface area contributed by atoms with Crippen molar-refractivity contribution in [2.75, 3.05) is 16.8 Å². The fraction of sp³-hybridized carbons (Fsp3) is 0.462. The number of rotatable bonds is 1. The van der Waals surface area contributed by atoms with Gasteiger partial charge in [0.05, 0.1) is 11.4 Å². The second-order valence-corrected chi connectivity index (χ2v) is 5.18. The van der Waals surface area contributed by atoms with Crippen LogP contribution in [0, 0.1) is 0 Å². The highest BCUT2D eigenvalue weighted by molar-refractivity contribution is 6.31. The lowest BCUT2D eigenvalue weighted by molar-refractivity contribution is -0.124. The molecule has 1 aliphatic heterocycles. The molecule has 1 fully saturated rings. The van der Waals surface area contributed by atoms with Crippen LogP contribution in [0.2, 0.25) is 5.02 Å². The number of carbonyl (C=O) groups is 1. The van der Waals surface area contributed by atoms with Gasteiger partial charge in [0.25, 0.3) is 0 Å². The SMILES string of the molecule is CCN1c2cc(Cl)ccc2NC(=O)C12CCC2. The minimum absolute atomic E-state index is 0.139. The molecule has 1 aromatic rings. The largest absolute Gasteiger partial charge is 0.356 e. The van der Waals surface area contributed by atoms with Gasteiger partial charge >= 0.3 is 0 Å². The highest BCUT2D eigenvalue weighted by Gasteiger charge is 2.51. The van der Waals surface area contributed by atoms with Crippen LogP contribution in [0.5, 0.6) is 0 Å². The quantitative estimate of drug-likeness (QED) is 0.831. The van der Waals surface area contributed by atoms with E-state index in [1.54, 1.807) is 0 Å². The molecular formula is C13H15ClN2O. The number of likely N-dealkylation sites (N-methyl/N-ethyl adjacent to an activating group) is 1. The first kappa shape index (κ1) is 10.9. The Kier molecular flexibility index (Phi) is 2.33. The lowest BCUT2D eigenvalue weighted by Gasteiger charge is -2.52. The molecule has 2 aliphatic rings. The van der Waals surface area contributed by atoms with Crippen molar-refractivity contribution >= 4 is 28.9 Å². The number of nitrogens with zero attached hydrogens (tertiary/aromatic N) is 1. The van der Waals surface area contributed by atoms with Crippen LogP contribution in [-0.4, -0.2) is 18.0 Å². The van der Waals surface area contributed by atoms with Crippen molar-refractivity contribution in [3.8, 4) is 0 Å². The van der Waals surface area contributed by atoms with E-state index in [0.717, 1.165) is 37.2 Å². The molecule has 4 heteroatoms. The molecule has 1 heterocycles. The zero-order valence-electron chi connectivity index (χ0n) is 9.79. The van der Waals surface area contributed by atoms with E-state index < -0.39 is 0 Å². The summed E-state index contributed by atoms with van der Waals surface area (Å²) >= 11 is 6.05. The first-order valence-electron chi connectivity index (χ1n) is 6.06. The zero-order valence-corrected chi connectivity index (χ0v) is 10.5. The molecule has 0 atom stereocenters. The Bertz CT molecular complexity index is 482. The minimum atomic E-state index is -0.313. The number of fused-ring (bicyclic) bond motifs is 1. The second-order valence-electron chi connectivity index (χ2n) is 4.74. The van der Waals surface area contributed by atoms with Gasteiger partial charge in [-0.15, -0.1) is 0 Å². The van der Waals surface area contributed by atoms with Crippen LogP contribution in [0.1, 0.15) is 26.2 Å². The predicted octanol–water partition coefficient (Wildman–Crippen LogP) is 3.04. The second kappa shape index (κ2) is 3.64. The van der Waals surface area contributed by atoms with Gasteiger partial charge in [-0.3, -0.25) is 4.79 Å². The van der Waals surface area contributed by atoms with Gasteiger partial charge in [-0.05, 0) is 44.4 Å². The van der Waals surface area contributed by atoms with E-state index in [1.807, 2.05) is 18.2 Å². The van der Waals surface area contributed by atoms with E-state index >= 15 is 0 Å². The highest BCUT2D eigenvalue weighted by Crippen LogP contribution is 2.47. The maximum absolute atomic E-state index is 12.2. The standard InChI is InChI=1S/C13H15ClN2O/c1-2-16-11-8-9(14)4-5-10(11)15-12(17)13(16)6-3-7-13/h4-5,8H,2-3,6-7H2,1H3,(H,15,17). The van der Waals surface area contributed by atoms with Crippen LogP contribution in [0.4, 0.5) is 11.4 Å². The Morgan fingerprint density at radius 3 is 2.82 bits per heavy atom. The topological polar surface area (TPSA) is 32.3 Å². The molecule has 1 amide bonds. The van der Waals surface area contributed by atoms with E-state index in [9.17, 15) is 4.79 Å². The molecule has 1 spiro atoms. The van der Waals surface area contributed by atoms with Gasteiger partial charge < -0.3 is 10.2 Å². The summed E-state index contributed by atoms with van der Waals surface area (Å²) in [5.41, 5.74) is 1.62. The number of benzene rings is 1. The molecule has 1 N–H and O–H groups in total. The summed E-state index contributed by atoms with van der Waals surface area (Å²) < 4.78 is 0. The average molecular weight is 251 g/mol. The molecule has 90 valence electrons. The molecule has 1 saturated carbocycles. The van der Waals surface area contributed by atoms with Gasteiger partial charge in [0.15, 0.2) is 0 Å². The Morgan fingerprint density at radius 1 is 1.47 bits per heavy atom. The molecule has 0 bridgehead atoms. The molecular weight excluding hydrogens is 236 g/mol. The summed E-state index contributed by atoms with van der Waals surface area (Å²) in [6.07, 6.45) is 3.01. The molecule has 1 aromatic carbocycles. The Balaban J connectivity index is 2.13. The maximum Gasteiger partial charge on any atom is 0.250 e. The lowest BCUT2D eigenvalue weighted by atomic mass is 9.73. The number of carbonyl (C=O) groups excluding carboxylic acids is 1. The zero-order chi connectivity index (χ0) is 12.0. The fourth-order valence-corrected chi connectivity index (χ4v) is 3.07. The molecule has 0 unspecified atom stereocenters. The first-order chi connectivity index (χ1) is 8.17. The molecule has 0 saturated heterocycles. The van der Waals surface area contributed by atoms with E-state index in [-0.39, 0.29) is 11.4 Å². The summed E-state index contributed by atoms with van der Waals surface area (Å²) in [5.74, 6) is 0.139. The summed E-state index contributed by atoms with van der Waals surface area (Å²) in [6, 6.07) is 5.64. The van der Waals surface area contributed by atoms with Crippen molar-refractivity contribution in [3.05, 3.63) is 23.2 Å². The average Bonchev–Trinajstić information content (AvgIpc) is 2.25. The van der Waals surface area contributed by atoms with Crippen LogP contribution >= 0.6 is 11.6 Å². The normalized spacial score (nSPS) is 20.8. The molecule has 17 heavy (non-hydrogen) atoms. The van der Waals surface area contributed by atoms with Crippen LogP contribution in [0.3, 0.4) is 0 Å². The van der Waals surface area contributed by atoms with Crippen LogP contribution < -0.4 is 10.2 Å². The molecule has 3 rings (SSSR count). The third-order valence-electron chi connectivity index (χ3n) is 3.94. The Labute approximate surface area is 106 Å². The van der Waals surface area contributed by atoms with Gasteiger partial charge in [0.1, 0.15) is 5.54 Å². The van der Waals surface area contributed by atoms with Gasteiger partial charge in [-0.1, -0.05) is 11.6 Å². The van der Waals surface area contributed by atoms with Gasteiger partial charge in [0.2, 0.25) is 5.91 Å².